The third-order valence-electron chi connectivity index (χ3n) is 3.39. The summed E-state index contributed by atoms with van der Waals surface area (Å²) in [6.07, 6.45) is 0. The highest BCUT2D eigenvalue weighted by Crippen LogP contribution is 2.29. The molecule has 122 valence electrons. The second-order valence-corrected chi connectivity index (χ2v) is 6.22. The summed E-state index contributed by atoms with van der Waals surface area (Å²) in [7, 11) is 1.83. The van der Waals surface area contributed by atoms with Gasteiger partial charge in [-0.25, -0.2) is 0 Å². The largest absolute Gasteiger partial charge is 0.488 e. The Bertz CT molecular complexity index is 647. The molecule has 0 saturated carbocycles. The van der Waals surface area contributed by atoms with Crippen molar-refractivity contribution in [1.82, 2.24) is 5.32 Å². The predicted molar refractivity (Wildman–Crippen MR) is 96.6 cm³/mol. The summed E-state index contributed by atoms with van der Waals surface area (Å²) >= 11 is 3.49. The van der Waals surface area contributed by atoms with Crippen LogP contribution in [0.5, 0.6) is 5.75 Å². The molecule has 0 aliphatic rings. The number of hydrogen-bond donors (Lipinski definition) is 2. The summed E-state index contributed by atoms with van der Waals surface area (Å²) < 4.78 is 6.61. The Morgan fingerprint density at radius 2 is 1.96 bits per heavy atom. The molecular formula is C18H21BrN2O2. The Morgan fingerprint density at radius 1 is 1.22 bits per heavy atom. The second-order valence-electron chi connectivity index (χ2n) is 5.37. The van der Waals surface area contributed by atoms with E-state index in [-0.39, 0.29) is 11.8 Å². The van der Waals surface area contributed by atoms with E-state index < -0.39 is 0 Å². The molecule has 5 heteroatoms. The van der Waals surface area contributed by atoms with E-state index in [0.717, 1.165) is 21.5 Å². The Labute approximate surface area is 145 Å². The number of amides is 1. The molecular weight excluding hydrogens is 356 g/mol. The second kappa shape index (κ2) is 8.70. The topological polar surface area (TPSA) is 50.4 Å². The molecule has 4 nitrogen and oxygen atoms in total. The summed E-state index contributed by atoms with van der Waals surface area (Å²) in [5.74, 6) is 0.645. The molecule has 0 aromatic heterocycles. The maximum absolute atomic E-state index is 12.0. The first-order valence-electron chi connectivity index (χ1n) is 7.52. The van der Waals surface area contributed by atoms with Gasteiger partial charge in [0.15, 0.2) is 0 Å². The minimum absolute atomic E-state index is 0.01000. The van der Waals surface area contributed by atoms with Crippen LogP contribution in [0.4, 0.5) is 5.69 Å². The number of nitrogens with one attached hydrogen (secondary N) is 2. The van der Waals surface area contributed by atoms with Crippen LogP contribution in [-0.2, 0) is 11.4 Å². The Balaban J connectivity index is 1.96. The molecule has 0 spiro atoms. The van der Waals surface area contributed by atoms with Crippen molar-refractivity contribution in [3.8, 4) is 5.75 Å². The van der Waals surface area contributed by atoms with Gasteiger partial charge in [-0.1, -0.05) is 37.3 Å². The summed E-state index contributed by atoms with van der Waals surface area (Å²) in [5.41, 5.74) is 1.86. The minimum atomic E-state index is -0.0900. The number of rotatable bonds is 7. The third kappa shape index (κ3) is 5.37. The summed E-state index contributed by atoms with van der Waals surface area (Å²) in [4.78, 5) is 12.0. The van der Waals surface area contributed by atoms with Gasteiger partial charge in [0, 0.05) is 18.2 Å². The number of halogens is 1. The van der Waals surface area contributed by atoms with E-state index >= 15 is 0 Å². The number of ether oxygens (including phenoxy) is 1. The van der Waals surface area contributed by atoms with Crippen molar-refractivity contribution in [1.29, 1.82) is 0 Å². The van der Waals surface area contributed by atoms with Gasteiger partial charge in [-0.05, 0) is 46.7 Å². The normalized spacial score (nSPS) is 11.8. The zero-order chi connectivity index (χ0) is 16.7. The van der Waals surface area contributed by atoms with Crippen LogP contribution in [0.2, 0.25) is 0 Å². The van der Waals surface area contributed by atoms with E-state index in [9.17, 15) is 4.79 Å². The van der Waals surface area contributed by atoms with E-state index in [1.165, 1.54) is 0 Å². The van der Waals surface area contributed by atoms with Gasteiger partial charge in [0.05, 0.1) is 4.47 Å². The number of benzene rings is 2. The van der Waals surface area contributed by atoms with E-state index in [0.29, 0.717) is 13.2 Å². The maximum Gasteiger partial charge on any atom is 0.228 e. The van der Waals surface area contributed by atoms with Crippen molar-refractivity contribution >= 4 is 27.5 Å². The van der Waals surface area contributed by atoms with Crippen LogP contribution in [0.3, 0.4) is 0 Å². The fourth-order valence-corrected chi connectivity index (χ4v) is 2.59. The molecule has 0 radical (unpaired) electrons. The SMILES string of the molecule is CNCC(C)C(=O)Nc1ccc(OCc2ccccc2)c(Br)c1. The molecule has 2 aromatic carbocycles. The molecule has 0 saturated heterocycles. The number of carbonyl (C=O) groups is 1. The van der Waals surface area contributed by atoms with Crippen LogP contribution in [0.25, 0.3) is 0 Å². The van der Waals surface area contributed by atoms with E-state index in [4.69, 9.17) is 4.74 Å². The lowest BCUT2D eigenvalue weighted by molar-refractivity contribution is -0.119. The first kappa shape index (κ1) is 17.5. The molecule has 2 rings (SSSR count). The van der Waals surface area contributed by atoms with Gasteiger partial charge < -0.3 is 15.4 Å². The zero-order valence-electron chi connectivity index (χ0n) is 13.3. The van der Waals surface area contributed by atoms with Crippen molar-refractivity contribution < 1.29 is 9.53 Å². The third-order valence-corrected chi connectivity index (χ3v) is 4.01. The highest BCUT2D eigenvalue weighted by atomic mass is 79.9. The van der Waals surface area contributed by atoms with E-state index in [1.807, 2.05) is 62.5 Å². The lowest BCUT2D eigenvalue weighted by atomic mass is 10.1. The van der Waals surface area contributed by atoms with Gasteiger partial charge in [0.2, 0.25) is 5.91 Å². The van der Waals surface area contributed by atoms with Crippen LogP contribution in [0, 0.1) is 5.92 Å². The monoisotopic (exact) mass is 376 g/mol. The van der Waals surface area contributed by atoms with Gasteiger partial charge in [0.25, 0.3) is 0 Å². The highest BCUT2D eigenvalue weighted by molar-refractivity contribution is 9.10. The van der Waals surface area contributed by atoms with Crippen LogP contribution in [0.15, 0.2) is 53.0 Å². The molecule has 0 aliphatic carbocycles. The first-order valence-corrected chi connectivity index (χ1v) is 8.31. The molecule has 2 aromatic rings. The maximum atomic E-state index is 12.0. The Morgan fingerprint density at radius 3 is 2.61 bits per heavy atom. The quantitative estimate of drug-likeness (QED) is 0.771. The molecule has 0 heterocycles. The van der Waals surface area contributed by atoms with Crippen molar-refractivity contribution in [2.75, 3.05) is 18.9 Å². The van der Waals surface area contributed by atoms with Crippen LogP contribution in [-0.4, -0.2) is 19.5 Å². The van der Waals surface area contributed by atoms with Crippen molar-refractivity contribution in [3.63, 3.8) is 0 Å². The van der Waals surface area contributed by atoms with Gasteiger partial charge in [0.1, 0.15) is 12.4 Å². The predicted octanol–water partition coefficient (Wildman–Crippen LogP) is 3.82. The molecule has 1 unspecified atom stereocenters. The van der Waals surface area contributed by atoms with Crippen LogP contribution < -0.4 is 15.4 Å². The van der Waals surface area contributed by atoms with Gasteiger partial charge >= 0.3 is 0 Å². The summed E-state index contributed by atoms with van der Waals surface area (Å²) in [6, 6.07) is 15.5. The van der Waals surface area contributed by atoms with Crippen LogP contribution >= 0.6 is 15.9 Å². The molecule has 1 atom stereocenters. The van der Waals surface area contributed by atoms with Gasteiger partial charge in [-0.2, -0.15) is 0 Å². The molecule has 0 aliphatic heterocycles. The highest BCUT2D eigenvalue weighted by Gasteiger charge is 2.12. The Hall–Kier alpha value is -1.85. The van der Waals surface area contributed by atoms with Crippen molar-refractivity contribution in [3.05, 3.63) is 58.6 Å². The van der Waals surface area contributed by atoms with Crippen LogP contribution in [0.1, 0.15) is 12.5 Å². The summed E-state index contributed by atoms with van der Waals surface area (Å²) in [6.45, 7) is 3.04. The molecule has 1 amide bonds. The number of hydrogen-bond acceptors (Lipinski definition) is 3. The zero-order valence-corrected chi connectivity index (χ0v) is 14.9. The molecule has 2 N–H and O–H groups in total. The van der Waals surface area contributed by atoms with Gasteiger partial charge in [-0.15, -0.1) is 0 Å². The molecule has 0 bridgehead atoms. The average Bonchev–Trinajstić information content (AvgIpc) is 2.55. The molecule has 0 fully saturated rings. The average molecular weight is 377 g/mol. The fourth-order valence-electron chi connectivity index (χ4n) is 2.10. The smallest absolute Gasteiger partial charge is 0.228 e. The van der Waals surface area contributed by atoms with Crippen molar-refractivity contribution in [2.24, 2.45) is 5.92 Å². The lowest BCUT2D eigenvalue weighted by Crippen LogP contribution is -2.28. The fraction of sp³-hybridized carbons (Fsp3) is 0.278. The Kier molecular flexibility index (Phi) is 6.62. The number of anilines is 1. The summed E-state index contributed by atoms with van der Waals surface area (Å²) in [5, 5.41) is 5.90. The number of carbonyl (C=O) groups excluding carboxylic acids is 1. The first-order chi connectivity index (χ1) is 11.1. The van der Waals surface area contributed by atoms with E-state index in [2.05, 4.69) is 26.6 Å². The van der Waals surface area contributed by atoms with Gasteiger partial charge in [-0.3, -0.25) is 4.79 Å². The van der Waals surface area contributed by atoms with E-state index in [1.54, 1.807) is 0 Å². The lowest BCUT2D eigenvalue weighted by Gasteiger charge is -2.13. The minimum Gasteiger partial charge on any atom is -0.488 e. The van der Waals surface area contributed by atoms with Crippen molar-refractivity contribution in [2.45, 2.75) is 13.5 Å². The standard InChI is InChI=1S/C18H21BrN2O2/c1-13(11-20-2)18(22)21-15-8-9-17(16(19)10-15)23-12-14-6-4-3-5-7-14/h3-10,13,20H,11-12H2,1-2H3,(H,21,22). The molecule has 23 heavy (non-hydrogen) atoms.